The molecule has 0 saturated carbocycles. The molecule has 0 saturated heterocycles. The Balaban J connectivity index is 5.24. The molecule has 0 fully saturated rings. The van der Waals surface area contributed by atoms with Gasteiger partial charge in [-0.05, 0) is 43.4 Å². The lowest BCUT2D eigenvalue weighted by molar-refractivity contribution is -0.161. The Morgan fingerprint density at radius 2 is 0.580 bits per heavy atom. The zero-order chi connectivity index (χ0) is 65.2. The third-order valence-corrected chi connectivity index (χ3v) is 18.1. The smallest absolute Gasteiger partial charge is 0.462 e. The van der Waals surface area contributed by atoms with Gasteiger partial charge in [0.1, 0.15) is 19.3 Å². The van der Waals surface area contributed by atoms with E-state index in [1.54, 1.807) is 0 Å². The van der Waals surface area contributed by atoms with Crippen LogP contribution in [0, 0.1) is 17.8 Å². The molecule has 6 atom stereocenters. The minimum Gasteiger partial charge on any atom is -0.462 e. The molecular formula is C69H134O17P2. The van der Waals surface area contributed by atoms with Gasteiger partial charge in [0.15, 0.2) is 12.2 Å². The van der Waals surface area contributed by atoms with Gasteiger partial charge >= 0.3 is 39.5 Å². The van der Waals surface area contributed by atoms with Crippen molar-refractivity contribution in [1.29, 1.82) is 0 Å². The minimum atomic E-state index is -4.95. The van der Waals surface area contributed by atoms with E-state index in [-0.39, 0.29) is 25.7 Å². The molecule has 17 nitrogen and oxygen atoms in total. The van der Waals surface area contributed by atoms with Crippen molar-refractivity contribution < 1.29 is 80.2 Å². The van der Waals surface area contributed by atoms with E-state index in [4.69, 9.17) is 37.0 Å². The second-order valence-corrected chi connectivity index (χ2v) is 29.0. The van der Waals surface area contributed by atoms with Gasteiger partial charge in [-0.3, -0.25) is 37.3 Å². The highest BCUT2D eigenvalue weighted by Crippen LogP contribution is 2.45. The molecule has 3 unspecified atom stereocenters. The third kappa shape index (κ3) is 61.6. The number of hydrogen-bond acceptors (Lipinski definition) is 15. The van der Waals surface area contributed by atoms with Crippen LogP contribution in [0.15, 0.2) is 0 Å². The molecule has 0 rings (SSSR count). The fourth-order valence-electron chi connectivity index (χ4n) is 10.3. The van der Waals surface area contributed by atoms with Crippen LogP contribution < -0.4 is 0 Å². The van der Waals surface area contributed by atoms with E-state index < -0.39 is 97.5 Å². The van der Waals surface area contributed by atoms with Gasteiger partial charge in [0.25, 0.3) is 0 Å². The zero-order valence-corrected chi connectivity index (χ0v) is 59.0. The van der Waals surface area contributed by atoms with Crippen LogP contribution in [0.2, 0.25) is 0 Å². The van der Waals surface area contributed by atoms with Gasteiger partial charge in [-0.1, -0.05) is 292 Å². The summed E-state index contributed by atoms with van der Waals surface area (Å²) in [5, 5.41) is 10.6. The normalized spacial score (nSPS) is 14.5. The number of phosphoric ester groups is 2. The molecule has 0 amide bonds. The van der Waals surface area contributed by atoms with Gasteiger partial charge in [0.2, 0.25) is 0 Å². The van der Waals surface area contributed by atoms with Gasteiger partial charge in [-0.15, -0.1) is 0 Å². The van der Waals surface area contributed by atoms with Crippen LogP contribution >= 0.6 is 15.6 Å². The van der Waals surface area contributed by atoms with E-state index >= 15 is 0 Å². The summed E-state index contributed by atoms with van der Waals surface area (Å²) in [7, 11) is -9.90. The van der Waals surface area contributed by atoms with E-state index in [2.05, 4.69) is 48.5 Å². The number of phosphoric acid groups is 2. The highest BCUT2D eigenvalue weighted by Gasteiger charge is 2.30. The molecule has 0 bridgehead atoms. The lowest BCUT2D eigenvalue weighted by atomic mass is 9.99. The van der Waals surface area contributed by atoms with Crippen molar-refractivity contribution in [3.63, 3.8) is 0 Å². The lowest BCUT2D eigenvalue weighted by Crippen LogP contribution is -2.30. The number of rotatable bonds is 67. The first-order valence-corrected chi connectivity index (χ1v) is 38.9. The fourth-order valence-corrected chi connectivity index (χ4v) is 11.9. The summed E-state index contributed by atoms with van der Waals surface area (Å²) in [6.07, 6.45) is 43.2. The Kier molecular flexibility index (Phi) is 58.7. The monoisotopic (exact) mass is 1300 g/mol. The summed E-state index contributed by atoms with van der Waals surface area (Å²) in [4.78, 5) is 72.4. The van der Waals surface area contributed by atoms with Crippen LogP contribution in [0.3, 0.4) is 0 Å². The zero-order valence-electron chi connectivity index (χ0n) is 57.2. The molecule has 0 aromatic heterocycles. The van der Waals surface area contributed by atoms with Gasteiger partial charge in [0, 0.05) is 25.7 Å². The highest BCUT2D eigenvalue weighted by molar-refractivity contribution is 7.47. The van der Waals surface area contributed by atoms with Crippen LogP contribution in [0.5, 0.6) is 0 Å². The predicted molar refractivity (Wildman–Crippen MR) is 354 cm³/mol. The average molecular weight is 1300 g/mol. The van der Waals surface area contributed by atoms with Gasteiger partial charge < -0.3 is 33.8 Å². The first kappa shape index (κ1) is 86.1. The van der Waals surface area contributed by atoms with Crippen LogP contribution in [0.25, 0.3) is 0 Å². The summed E-state index contributed by atoms with van der Waals surface area (Å²) < 4.78 is 68.2. The summed E-state index contributed by atoms with van der Waals surface area (Å²) in [5.74, 6) is 0.0539. The molecular weight excluding hydrogens is 1160 g/mol. The summed E-state index contributed by atoms with van der Waals surface area (Å²) >= 11 is 0. The molecule has 0 aromatic rings. The van der Waals surface area contributed by atoms with Crippen LogP contribution in [-0.2, 0) is 65.4 Å². The van der Waals surface area contributed by atoms with E-state index in [1.807, 2.05) is 0 Å². The molecule has 0 spiro atoms. The van der Waals surface area contributed by atoms with Crippen molar-refractivity contribution in [2.75, 3.05) is 39.6 Å². The predicted octanol–water partition coefficient (Wildman–Crippen LogP) is 19.5. The largest absolute Gasteiger partial charge is 0.472 e. The molecule has 0 aliphatic carbocycles. The van der Waals surface area contributed by atoms with Crippen molar-refractivity contribution in [1.82, 2.24) is 0 Å². The minimum absolute atomic E-state index is 0.102. The molecule has 522 valence electrons. The van der Waals surface area contributed by atoms with Gasteiger partial charge in [0.05, 0.1) is 26.4 Å². The van der Waals surface area contributed by atoms with Crippen molar-refractivity contribution in [2.24, 2.45) is 17.8 Å². The second-order valence-electron chi connectivity index (χ2n) is 26.1. The first-order chi connectivity index (χ1) is 42.3. The highest BCUT2D eigenvalue weighted by atomic mass is 31.2. The number of hydrogen-bond donors (Lipinski definition) is 3. The number of aliphatic hydroxyl groups is 1. The Labute approximate surface area is 537 Å². The van der Waals surface area contributed by atoms with Crippen molar-refractivity contribution in [2.45, 2.75) is 362 Å². The van der Waals surface area contributed by atoms with Crippen molar-refractivity contribution in [3.05, 3.63) is 0 Å². The Morgan fingerprint density at radius 1 is 0.330 bits per heavy atom. The molecule has 19 heteroatoms. The number of carbonyl (C=O) groups excluding carboxylic acids is 4. The van der Waals surface area contributed by atoms with Crippen LogP contribution in [0.1, 0.15) is 344 Å². The van der Waals surface area contributed by atoms with Crippen molar-refractivity contribution >= 4 is 39.5 Å². The number of ether oxygens (including phenoxy) is 4. The Bertz CT molecular complexity index is 1730. The standard InChI is InChI=1S/C69H134O17P2/c1-8-10-11-12-13-14-15-16-17-18-19-24-29-38-45-52-68(73)85-64(56-79-66(71)50-43-36-28-23-21-20-22-27-35-42-49-62(7)9-2)58-83-87(75,76)81-54-63(70)55-82-88(77,78)84-59-65(57-80-67(72)51-44-37-32-31-34-41-48-61(5)6)86-69(74)53-46-39-30-25-26-33-40-47-60(3)4/h60-65,70H,8-59H2,1-7H3,(H,75,76)(H,77,78)/t62?,63-,64-,65-/m1/s1. The number of aliphatic hydroxyl groups excluding tert-OH is 1. The maximum absolute atomic E-state index is 13.0. The van der Waals surface area contributed by atoms with Crippen molar-refractivity contribution in [3.8, 4) is 0 Å². The second kappa shape index (κ2) is 60.0. The first-order valence-electron chi connectivity index (χ1n) is 35.9. The SMILES string of the molecule is CCCCCCCCCCCCCCCCCC(=O)O[C@H](COC(=O)CCCCCCCCCCCCC(C)CC)COP(=O)(O)OC[C@@H](O)COP(=O)(O)OC[C@@H](COC(=O)CCCCCCCCC(C)C)OC(=O)CCCCCCCCCC(C)C. The van der Waals surface area contributed by atoms with E-state index in [9.17, 15) is 43.2 Å². The molecule has 3 N–H and O–H groups in total. The lowest BCUT2D eigenvalue weighted by Gasteiger charge is -2.21. The quantitative estimate of drug-likeness (QED) is 0.0222. The maximum Gasteiger partial charge on any atom is 0.472 e. The fraction of sp³-hybridized carbons (Fsp3) is 0.942. The number of carbonyl (C=O) groups is 4. The average Bonchev–Trinajstić information content (AvgIpc) is 3.59. The molecule has 0 aliphatic heterocycles. The molecule has 88 heavy (non-hydrogen) atoms. The third-order valence-electron chi connectivity index (χ3n) is 16.2. The Morgan fingerprint density at radius 3 is 0.864 bits per heavy atom. The summed E-state index contributed by atoms with van der Waals surface area (Å²) in [6, 6.07) is 0. The number of unbranched alkanes of at least 4 members (excludes halogenated alkanes) is 34. The van der Waals surface area contributed by atoms with Crippen LogP contribution in [-0.4, -0.2) is 96.7 Å². The van der Waals surface area contributed by atoms with Crippen LogP contribution in [0.4, 0.5) is 0 Å². The van der Waals surface area contributed by atoms with Gasteiger partial charge in [-0.2, -0.15) is 0 Å². The summed E-state index contributed by atoms with van der Waals surface area (Å²) in [6.45, 7) is 11.7. The molecule has 0 aromatic carbocycles. The molecule has 0 heterocycles. The van der Waals surface area contributed by atoms with E-state index in [0.29, 0.717) is 37.5 Å². The maximum atomic E-state index is 13.0. The molecule has 0 radical (unpaired) electrons. The molecule has 0 aliphatic rings. The summed E-state index contributed by atoms with van der Waals surface area (Å²) in [5.41, 5.74) is 0. The topological polar surface area (TPSA) is 237 Å². The van der Waals surface area contributed by atoms with Gasteiger partial charge in [-0.25, -0.2) is 9.13 Å². The van der Waals surface area contributed by atoms with E-state index in [0.717, 1.165) is 102 Å². The van der Waals surface area contributed by atoms with E-state index in [1.165, 1.54) is 148 Å². The Hall–Kier alpha value is -1.94. The number of esters is 4.